The molecule has 0 saturated carbocycles. The van der Waals surface area contributed by atoms with E-state index in [0.29, 0.717) is 19.8 Å². The number of para-hydroxylation sites is 1. The largest absolute Gasteiger partial charge is 0.481 e. The molecule has 0 spiro atoms. The normalized spacial score (nSPS) is 22.1. The van der Waals surface area contributed by atoms with Crippen molar-refractivity contribution in [3.63, 3.8) is 0 Å². The molecular weight excluding hydrogens is 270 g/mol. The molecule has 5 heteroatoms. The maximum absolute atomic E-state index is 12.7. The summed E-state index contributed by atoms with van der Waals surface area (Å²) in [7, 11) is 0. The lowest BCUT2D eigenvalue weighted by molar-refractivity contribution is -0.137. The summed E-state index contributed by atoms with van der Waals surface area (Å²) < 4.78 is 5.31. The van der Waals surface area contributed by atoms with Crippen LogP contribution < -0.4 is 4.90 Å². The molecule has 21 heavy (non-hydrogen) atoms. The van der Waals surface area contributed by atoms with Crippen molar-refractivity contribution in [3.8, 4) is 0 Å². The smallest absolute Gasteiger partial charge is 0.304 e. The highest BCUT2D eigenvalue weighted by Crippen LogP contribution is 2.39. The van der Waals surface area contributed by atoms with Crippen LogP contribution in [0.1, 0.15) is 30.7 Å². The third-order valence-electron chi connectivity index (χ3n) is 4.33. The molecule has 2 aliphatic heterocycles. The van der Waals surface area contributed by atoms with Crippen molar-refractivity contribution in [1.29, 1.82) is 0 Å². The third-order valence-corrected chi connectivity index (χ3v) is 4.33. The van der Waals surface area contributed by atoms with E-state index < -0.39 is 5.97 Å². The number of nitrogens with zero attached hydrogens (tertiary/aromatic N) is 1. The summed E-state index contributed by atoms with van der Waals surface area (Å²) in [6.07, 6.45) is 1.57. The number of carbonyl (C=O) groups is 2. The Morgan fingerprint density at radius 1 is 1.24 bits per heavy atom. The number of hydrogen-bond acceptors (Lipinski definition) is 3. The van der Waals surface area contributed by atoms with Gasteiger partial charge in [-0.15, -0.1) is 0 Å². The molecule has 112 valence electrons. The van der Waals surface area contributed by atoms with Gasteiger partial charge in [0.1, 0.15) is 0 Å². The number of carbonyl (C=O) groups excluding carboxylic acids is 1. The fraction of sp³-hybridized carbons (Fsp3) is 0.500. The second-order valence-corrected chi connectivity index (χ2v) is 5.69. The summed E-state index contributed by atoms with van der Waals surface area (Å²) in [5.41, 5.74) is 1.85. The number of aliphatic carboxylic acids is 1. The van der Waals surface area contributed by atoms with Crippen LogP contribution in [-0.2, 0) is 14.3 Å². The van der Waals surface area contributed by atoms with Crippen LogP contribution in [0.3, 0.4) is 0 Å². The third kappa shape index (κ3) is 2.78. The topological polar surface area (TPSA) is 66.8 Å². The van der Waals surface area contributed by atoms with Crippen LogP contribution in [0.25, 0.3) is 0 Å². The molecule has 1 atom stereocenters. The number of hydrogen-bond donors (Lipinski definition) is 1. The second kappa shape index (κ2) is 5.85. The fourth-order valence-corrected chi connectivity index (χ4v) is 3.25. The molecule has 0 aromatic heterocycles. The van der Waals surface area contributed by atoms with Gasteiger partial charge in [0, 0.05) is 37.3 Å². The predicted octanol–water partition coefficient (Wildman–Crippen LogP) is 2.02. The Hall–Kier alpha value is -1.88. The molecule has 1 saturated heterocycles. The summed E-state index contributed by atoms with van der Waals surface area (Å²) in [6.45, 7) is 1.73. The molecule has 2 aliphatic rings. The van der Waals surface area contributed by atoms with E-state index in [1.807, 2.05) is 24.3 Å². The number of carboxylic acid groups (broad SMARTS) is 1. The molecule has 0 radical (unpaired) electrons. The van der Waals surface area contributed by atoms with Crippen molar-refractivity contribution in [1.82, 2.24) is 0 Å². The van der Waals surface area contributed by atoms with Crippen molar-refractivity contribution in [3.05, 3.63) is 29.8 Å². The maximum Gasteiger partial charge on any atom is 0.304 e. The van der Waals surface area contributed by atoms with Crippen LogP contribution in [0, 0.1) is 5.92 Å². The van der Waals surface area contributed by atoms with E-state index in [1.165, 1.54) is 0 Å². The van der Waals surface area contributed by atoms with E-state index in [2.05, 4.69) is 0 Å². The predicted molar refractivity (Wildman–Crippen MR) is 77.3 cm³/mol. The minimum Gasteiger partial charge on any atom is -0.481 e. The molecule has 1 unspecified atom stereocenters. The van der Waals surface area contributed by atoms with E-state index in [0.717, 1.165) is 24.1 Å². The Morgan fingerprint density at radius 3 is 2.67 bits per heavy atom. The number of fused-ring (bicyclic) bond motifs is 1. The van der Waals surface area contributed by atoms with Crippen molar-refractivity contribution >= 4 is 17.6 Å². The summed E-state index contributed by atoms with van der Waals surface area (Å²) in [6, 6.07) is 7.64. The number of anilines is 1. The zero-order valence-corrected chi connectivity index (χ0v) is 11.8. The molecule has 1 fully saturated rings. The average Bonchev–Trinajstić information content (AvgIpc) is 2.86. The zero-order valence-electron chi connectivity index (χ0n) is 11.8. The highest BCUT2D eigenvalue weighted by molar-refractivity contribution is 5.97. The Bertz CT molecular complexity index is 551. The standard InChI is InChI=1S/C16H19NO4/c18-15(19)9-12-10-17(14-4-2-1-3-13(12)14)16(20)11-5-7-21-8-6-11/h1-4,11-12H,5-10H2,(H,18,19). The van der Waals surface area contributed by atoms with Gasteiger partial charge in [0.25, 0.3) is 0 Å². The molecule has 1 aromatic carbocycles. The maximum atomic E-state index is 12.7. The molecule has 2 heterocycles. The lowest BCUT2D eigenvalue weighted by atomic mass is 9.98. The molecule has 0 aliphatic carbocycles. The van der Waals surface area contributed by atoms with E-state index in [4.69, 9.17) is 9.84 Å². The van der Waals surface area contributed by atoms with Crippen LogP contribution in [0.5, 0.6) is 0 Å². The molecule has 0 bridgehead atoms. The number of rotatable bonds is 3. The highest BCUT2D eigenvalue weighted by atomic mass is 16.5. The SMILES string of the molecule is O=C(O)CC1CN(C(=O)C2CCOCC2)c2ccccc21. The zero-order chi connectivity index (χ0) is 14.8. The molecule has 1 aromatic rings. The Morgan fingerprint density at radius 2 is 1.95 bits per heavy atom. The first-order valence-electron chi connectivity index (χ1n) is 7.36. The van der Waals surface area contributed by atoms with E-state index in [-0.39, 0.29) is 24.2 Å². The molecule has 3 rings (SSSR count). The van der Waals surface area contributed by atoms with Crippen LogP contribution >= 0.6 is 0 Å². The number of amides is 1. The first kappa shape index (κ1) is 14.1. The quantitative estimate of drug-likeness (QED) is 0.924. The second-order valence-electron chi connectivity index (χ2n) is 5.69. The number of ether oxygens (including phenoxy) is 1. The van der Waals surface area contributed by atoms with Gasteiger partial charge in [-0.2, -0.15) is 0 Å². The van der Waals surface area contributed by atoms with E-state index >= 15 is 0 Å². The van der Waals surface area contributed by atoms with Crippen molar-refractivity contribution in [2.24, 2.45) is 5.92 Å². The van der Waals surface area contributed by atoms with Gasteiger partial charge in [-0.05, 0) is 24.5 Å². The van der Waals surface area contributed by atoms with Crippen LogP contribution in [0.2, 0.25) is 0 Å². The van der Waals surface area contributed by atoms with Crippen molar-refractivity contribution in [2.45, 2.75) is 25.2 Å². The molecular formula is C16H19NO4. The summed E-state index contributed by atoms with van der Waals surface area (Å²) >= 11 is 0. The summed E-state index contributed by atoms with van der Waals surface area (Å²) in [5.74, 6) is -0.827. The van der Waals surface area contributed by atoms with Gasteiger partial charge < -0.3 is 14.7 Å². The molecule has 1 amide bonds. The van der Waals surface area contributed by atoms with Crippen LogP contribution in [0.4, 0.5) is 5.69 Å². The van der Waals surface area contributed by atoms with Crippen LogP contribution in [0.15, 0.2) is 24.3 Å². The first-order chi connectivity index (χ1) is 10.2. The van der Waals surface area contributed by atoms with Crippen molar-refractivity contribution < 1.29 is 19.4 Å². The van der Waals surface area contributed by atoms with E-state index in [9.17, 15) is 9.59 Å². The van der Waals surface area contributed by atoms with Gasteiger partial charge in [-0.1, -0.05) is 18.2 Å². The van der Waals surface area contributed by atoms with Gasteiger partial charge in [-0.3, -0.25) is 9.59 Å². The Balaban J connectivity index is 1.83. The average molecular weight is 289 g/mol. The number of benzene rings is 1. The van der Waals surface area contributed by atoms with Gasteiger partial charge >= 0.3 is 5.97 Å². The fourth-order valence-electron chi connectivity index (χ4n) is 3.25. The molecule has 5 nitrogen and oxygen atoms in total. The summed E-state index contributed by atoms with van der Waals surface area (Å²) in [5, 5.41) is 9.05. The lowest BCUT2D eigenvalue weighted by Crippen LogP contribution is -2.38. The van der Waals surface area contributed by atoms with Gasteiger partial charge in [0.2, 0.25) is 5.91 Å². The number of carboxylic acids is 1. The summed E-state index contributed by atoms with van der Waals surface area (Å²) in [4.78, 5) is 25.5. The Labute approximate surface area is 123 Å². The van der Waals surface area contributed by atoms with Gasteiger partial charge in [0.05, 0.1) is 6.42 Å². The first-order valence-corrected chi connectivity index (χ1v) is 7.36. The van der Waals surface area contributed by atoms with Crippen LogP contribution in [-0.4, -0.2) is 36.7 Å². The monoisotopic (exact) mass is 289 g/mol. The van der Waals surface area contributed by atoms with E-state index in [1.54, 1.807) is 4.90 Å². The van der Waals surface area contributed by atoms with Gasteiger partial charge in [0.15, 0.2) is 0 Å². The molecule has 1 N–H and O–H groups in total. The van der Waals surface area contributed by atoms with Crippen molar-refractivity contribution in [2.75, 3.05) is 24.7 Å². The van der Waals surface area contributed by atoms with Gasteiger partial charge in [-0.25, -0.2) is 0 Å². The highest BCUT2D eigenvalue weighted by Gasteiger charge is 2.36. The minimum absolute atomic E-state index is 0.00427. The minimum atomic E-state index is -0.824. The Kier molecular flexibility index (Phi) is 3.92. The lowest BCUT2D eigenvalue weighted by Gasteiger charge is -2.27.